The number of anilines is 1. The zero-order valence-electron chi connectivity index (χ0n) is 14.5. The van der Waals surface area contributed by atoms with Crippen LogP contribution in [0, 0.1) is 0 Å². The van der Waals surface area contributed by atoms with Crippen LogP contribution in [0.15, 0.2) is 60.7 Å². The van der Waals surface area contributed by atoms with Crippen LogP contribution in [0.3, 0.4) is 0 Å². The van der Waals surface area contributed by atoms with E-state index in [0.717, 1.165) is 27.3 Å². The molecule has 3 N–H and O–H groups in total. The Morgan fingerprint density at radius 3 is 2.41 bits per heavy atom. The molecule has 0 saturated carbocycles. The van der Waals surface area contributed by atoms with Crippen LogP contribution in [0.25, 0.3) is 23.1 Å². The molecule has 3 aromatic rings. The van der Waals surface area contributed by atoms with Gasteiger partial charge in [0, 0.05) is 23.5 Å². The molecule has 1 aromatic heterocycles. The van der Waals surface area contributed by atoms with Crippen LogP contribution in [0.2, 0.25) is 5.02 Å². The lowest BCUT2D eigenvalue weighted by Gasteiger charge is -2.08. The number of rotatable bonds is 6. The topological polar surface area (TPSA) is 63.8 Å². The van der Waals surface area contributed by atoms with Crippen molar-refractivity contribution in [1.82, 2.24) is 9.97 Å². The lowest BCUT2D eigenvalue weighted by molar-refractivity contribution is 1.15. The van der Waals surface area contributed by atoms with Gasteiger partial charge in [-0.1, -0.05) is 54.1 Å². The lowest BCUT2D eigenvalue weighted by atomic mass is 10.2. The minimum atomic E-state index is 0. The number of aromatic nitrogens is 2. The van der Waals surface area contributed by atoms with Crippen LogP contribution in [-0.4, -0.2) is 23.1 Å². The summed E-state index contributed by atoms with van der Waals surface area (Å²) < 4.78 is 0. The maximum absolute atomic E-state index is 5.92. The van der Waals surface area contributed by atoms with E-state index in [1.54, 1.807) is 0 Å². The quantitative estimate of drug-likeness (QED) is 0.533. The monoisotopic (exact) mass is 422 g/mol. The molecule has 4 nitrogen and oxygen atoms in total. The Morgan fingerprint density at radius 1 is 0.926 bits per heavy atom. The molecule has 1 heterocycles. The van der Waals surface area contributed by atoms with E-state index in [4.69, 9.17) is 17.3 Å². The molecule has 0 aliphatic rings. The third-order valence-electron chi connectivity index (χ3n) is 3.61. The third-order valence-corrected chi connectivity index (χ3v) is 3.86. The number of halogens is 3. The molecule has 0 amide bonds. The van der Waals surface area contributed by atoms with Crippen LogP contribution in [0.1, 0.15) is 11.4 Å². The summed E-state index contributed by atoms with van der Waals surface area (Å²) in [7, 11) is 0. The normalized spacial score (nSPS) is 10.7. The highest BCUT2D eigenvalue weighted by molar-refractivity contribution is 6.30. The minimum absolute atomic E-state index is 0. The molecule has 27 heavy (non-hydrogen) atoms. The van der Waals surface area contributed by atoms with Gasteiger partial charge in [-0.2, -0.15) is 0 Å². The number of nitrogens with two attached hydrogens (primary N) is 1. The molecule has 142 valence electrons. The van der Waals surface area contributed by atoms with Gasteiger partial charge in [-0.15, -0.1) is 24.8 Å². The van der Waals surface area contributed by atoms with Crippen LogP contribution in [0.4, 0.5) is 5.82 Å². The van der Waals surface area contributed by atoms with Crippen molar-refractivity contribution < 1.29 is 0 Å². The van der Waals surface area contributed by atoms with Gasteiger partial charge in [-0.25, -0.2) is 9.97 Å². The maximum Gasteiger partial charge on any atom is 0.154 e. The number of nitrogens with one attached hydrogen (secondary N) is 1. The molecule has 0 aliphatic carbocycles. The van der Waals surface area contributed by atoms with E-state index in [1.165, 1.54) is 0 Å². The fourth-order valence-corrected chi connectivity index (χ4v) is 2.51. The van der Waals surface area contributed by atoms with Gasteiger partial charge in [0.1, 0.15) is 5.82 Å². The largest absolute Gasteiger partial charge is 0.366 e. The third kappa shape index (κ3) is 6.52. The number of benzene rings is 2. The van der Waals surface area contributed by atoms with Gasteiger partial charge in [0.05, 0.1) is 5.52 Å². The number of fused-ring (bicyclic) bond motifs is 1. The highest BCUT2D eigenvalue weighted by atomic mass is 35.5. The molecule has 0 fully saturated rings. The summed E-state index contributed by atoms with van der Waals surface area (Å²) >= 11 is 5.92. The van der Waals surface area contributed by atoms with Crippen LogP contribution < -0.4 is 11.1 Å². The first-order valence-electron chi connectivity index (χ1n) is 8.05. The van der Waals surface area contributed by atoms with Crippen LogP contribution >= 0.6 is 36.4 Å². The predicted molar refractivity (Wildman–Crippen MR) is 121 cm³/mol. The number of hydrogen-bond donors (Lipinski definition) is 2. The van der Waals surface area contributed by atoms with Crippen molar-refractivity contribution in [3.8, 4) is 0 Å². The van der Waals surface area contributed by atoms with E-state index in [0.29, 0.717) is 18.9 Å². The van der Waals surface area contributed by atoms with E-state index in [-0.39, 0.29) is 24.8 Å². The Labute approximate surface area is 176 Å². The molecular formula is C20H21Cl3N4. The number of para-hydroxylation sites is 1. The Morgan fingerprint density at radius 2 is 1.67 bits per heavy atom. The van der Waals surface area contributed by atoms with E-state index >= 15 is 0 Å². The van der Waals surface area contributed by atoms with Crippen molar-refractivity contribution >= 4 is 65.3 Å². The van der Waals surface area contributed by atoms with E-state index in [2.05, 4.69) is 15.3 Å². The molecule has 0 aliphatic heterocycles. The number of hydrogen-bond acceptors (Lipinski definition) is 4. The average molecular weight is 424 g/mol. The van der Waals surface area contributed by atoms with Gasteiger partial charge in [0.2, 0.25) is 0 Å². The summed E-state index contributed by atoms with van der Waals surface area (Å²) in [6, 6.07) is 15.6. The van der Waals surface area contributed by atoms with Crippen molar-refractivity contribution in [1.29, 1.82) is 0 Å². The maximum atomic E-state index is 5.92. The standard InChI is InChI=1S/C20H19ClN4.2ClH/c21-16-10-7-15(8-11-16)9-12-19-24-18-6-2-1-5-17(18)20(25-19)23-14-4-3-13-22;;/h1-12H,13-14,22H2,(H,23,24,25);2*1H. The molecule has 0 saturated heterocycles. The van der Waals surface area contributed by atoms with Crippen molar-refractivity contribution in [3.63, 3.8) is 0 Å². The fourth-order valence-electron chi connectivity index (χ4n) is 2.38. The second-order valence-corrected chi connectivity index (χ2v) is 5.86. The molecule has 0 radical (unpaired) electrons. The van der Waals surface area contributed by atoms with Crippen LogP contribution in [0.5, 0.6) is 0 Å². The second-order valence-electron chi connectivity index (χ2n) is 5.42. The molecule has 0 atom stereocenters. The molecule has 0 unspecified atom stereocenters. The van der Waals surface area contributed by atoms with Crippen molar-refractivity contribution in [2.24, 2.45) is 5.73 Å². The zero-order valence-corrected chi connectivity index (χ0v) is 16.9. The molecule has 2 aromatic carbocycles. The first kappa shape index (κ1) is 22.9. The summed E-state index contributed by atoms with van der Waals surface area (Å²) in [4.78, 5) is 9.24. The number of nitrogens with zero attached hydrogens (tertiary/aromatic N) is 2. The first-order chi connectivity index (χ1) is 12.3. The van der Waals surface area contributed by atoms with Crippen molar-refractivity contribution in [3.05, 3.63) is 77.1 Å². The van der Waals surface area contributed by atoms with Gasteiger partial charge >= 0.3 is 0 Å². The smallest absolute Gasteiger partial charge is 0.154 e. The molecular weight excluding hydrogens is 403 g/mol. The predicted octanol–water partition coefficient (Wildman–Crippen LogP) is 5.22. The summed E-state index contributed by atoms with van der Waals surface area (Å²) in [5.41, 5.74) is 7.41. The molecule has 7 heteroatoms. The molecule has 3 rings (SSSR count). The Hall–Kier alpha value is -2.11. The van der Waals surface area contributed by atoms with Gasteiger partial charge in [-0.3, -0.25) is 0 Å². The second kappa shape index (κ2) is 11.6. The minimum Gasteiger partial charge on any atom is -0.366 e. The van der Waals surface area contributed by atoms with Crippen molar-refractivity contribution in [2.45, 2.75) is 0 Å². The van der Waals surface area contributed by atoms with Gasteiger partial charge in [0.15, 0.2) is 5.82 Å². The first-order valence-corrected chi connectivity index (χ1v) is 8.43. The SMILES string of the molecule is Cl.Cl.NCC=CCNc1nc(C=Cc2ccc(Cl)cc2)nc2ccccc12. The molecule has 0 bridgehead atoms. The van der Waals surface area contributed by atoms with Gasteiger partial charge < -0.3 is 11.1 Å². The summed E-state index contributed by atoms with van der Waals surface area (Å²) in [6.45, 7) is 1.19. The van der Waals surface area contributed by atoms with E-state index in [9.17, 15) is 0 Å². The summed E-state index contributed by atoms with van der Waals surface area (Å²) in [5, 5.41) is 5.04. The van der Waals surface area contributed by atoms with E-state index in [1.807, 2.05) is 72.8 Å². The highest BCUT2D eigenvalue weighted by Crippen LogP contribution is 2.21. The Bertz CT molecular complexity index is 909. The summed E-state index contributed by atoms with van der Waals surface area (Å²) in [6.07, 6.45) is 7.77. The van der Waals surface area contributed by atoms with Gasteiger partial charge in [0.25, 0.3) is 0 Å². The van der Waals surface area contributed by atoms with E-state index < -0.39 is 0 Å². The fraction of sp³-hybridized carbons (Fsp3) is 0.100. The van der Waals surface area contributed by atoms with Crippen LogP contribution in [-0.2, 0) is 0 Å². The zero-order chi connectivity index (χ0) is 17.5. The lowest BCUT2D eigenvalue weighted by Crippen LogP contribution is -2.04. The van der Waals surface area contributed by atoms with Gasteiger partial charge in [-0.05, 0) is 35.9 Å². The molecule has 0 spiro atoms. The average Bonchev–Trinajstić information content (AvgIpc) is 2.64. The Balaban J connectivity index is 0.00000182. The highest BCUT2D eigenvalue weighted by Gasteiger charge is 2.05. The summed E-state index contributed by atoms with van der Waals surface area (Å²) in [5.74, 6) is 1.46. The van der Waals surface area contributed by atoms with Crippen molar-refractivity contribution in [2.75, 3.05) is 18.4 Å². The Kier molecular flexibility index (Phi) is 9.83.